The van der Waals surface area contributed by atoms with Gasteiger partial charge in [0.15, 0.2) is 5.16 Å². The normalized spacial score (nSPS) is 9.83. The Morgan fingerprint density at radius 1 is 1.28 bits per heavy atom. The number of hydrogen-bond acceptors (Lipinski definition) is 3. The highest BCUT2D eigenvalue weighted by atomic mass is 32.2. The Bertz CT molecular complexity index is 523. The lowest BCUT2D eigenvalue weighted by molar-refractivity contribution is 0.305. The fourth-order valence-corrected chi connectivity index (χ4v) is 2.17. The summed E-state index contributed by atoms with van der Waals surface area (Å²) in [5, 5.41) is 9.57. The molecule has 0 fully saturated rings. The molecule has 18 heavy (non-hydrogen) atoms. The van der Waals surface area contributed by atoms with Gasteiger partial charge in [-0.15, -0.1) is 0 Å². The first kappa shape index (κ1) is 12.7. The predicted octanol–water partition coefficient (Wildman–Crippen LogP) is 2.44. The summed E-state index contributed by atoms with van der Waals surface area (Å²) in [6.45, 7) is 0.116. The van der Waals surface area contributed by atoms with Crippen molar-refractivity contribution in [1.82, 2.24) is 9.97 Å². The number of aliphatic hydroxyl groups is 1. The number of hydrogen-bond donors (Lipinski definition) is 2. The Hall–Kier alpha value is -1.70. The van der Waals surface area contributed by atoms with Crippen LogP contribution in [0.15, 0.2) is 41.8 Å². The van der Waals surface area contributed by atoms with E-state index < -0.39 is 0 Å². The van der Waals surface area contributed by atoms with Crippen LogP contribution in [0.25, 0.3) is 0 Å². The number of H-pyrrole nitrogens is 1. The minimum absolute atomic E-state index is 0.116. The standard InChI is InChI=1S/C14H14N2OS/c17-10-2-1-3-12-4-6-13(7-5-12)11-18-14-15-8-9-16-14/h4-9,17H,2,10-11H2,(H,15,16). The van der Waals surface area contributed by atoms with Gasteiger partial charge in [-0.2, -0.15) is 0 Å². The highest BCUT2D eigenvalue weighted by Gasteiger charge is 1.97. The lowest BCUT2D eigenvalue weighted by atomic mass is 10.1. The quantitative estimate of drug-likeness (QED) is 0.654. The minimum atomic E-state index is 0.116. The summed E-state index contributed by atoms with van der Waals surface area (Å²) in [6.07, 6.45) is 4.10. The van der Waals surface area contributed by atoms with E-state index in [0.29, 0.717) is 6.42 Å². The van der Waals surface area contributed by atoms with Gasteiger partial charge in [0.05, 0.1) is 6.61 Å². The first-order valence-corrected chi connectivity index (χ1v) is 6.68. The molecule has 4 heteroatoms. The number of thioether (sulfide) groups is 1. The number of aliphatic hydroxyl groups excluding tert-OH is 1. The van der Waals surface area contributed by atoms with Crippen molar-refractivity contribution in [2.24, 2.45) is 0 Å². The molecule has 0 radical (unpaired) electrons. The van der Waals surface area contributed by atoms with Crippen LogP contribution >= 0.6 is 11.8 Å². The van der Waals surface area contributed by atoms with E-state index in [-0.39, 0.29) is 6.61 Å². The third kappa shape index (κ3) is 3.95. The summed E-state index contributed by atoms with van der Waals surface area (Å²) < 4.78 is 0. The molecular formula is C14H14N2OS. The number of nitrogens with zero attached hydrogens (tertiary/aromatic N) is 1. The van der Waals surface area contributed by atoms with Crippen molar-refractivity contribution in [3.05, 3.63) is 47.8 Å². The monoisotopic (exact) mass is 258 g/mol. The largest absolute Gasteiger partial charge is 0.395 e. The summed E-state index contributed by atoms with van der Waals surface area (Å²) in [7, 11) is 0. The molecule has 92 valence electrons. The highest BCUT2D eigenvalue weighted by molar-refractivity contribution is 7.98. The molecule has 1 heterocycles. The van der Waals surface area contributed by atoms with Gasteiger partial charge in [0.2, 0.25) is 0 Å². The van der Waals surface area contributed by atoms with Gasteiger partial charge >= 0.3 is 0 Å². The molecule has 0 spiro atoms. The Kier molecular flexibility index (Phi) is 4.88. The van der Waals surface area contributed by atoms with Crippen molar-refractivity contribution >= 4 is 11.8 Å². The second-order valence-corrected chi connectivity index (χ2v) is 4.62. The predicted molar refractivity (Wildman–Crippen MR) is 73.2 cm³/mol. The smallest absolute Gasteiger partial charge is 0.165 e. The maximum atomic E-state index is 8.63. The zero-order valence-corrected chi connectivity index (χ0v) is 10.7. The van der Waals surface area contributed by atoms with Crippen LogP contribution in [0.3, 0.4) is 0 Å². The number of benzene rings is 1. The maximum Gasteiger partial charge on any atom is 0.165 e. The highest BCUT2D eigenvalue weighted by Crippen LogP contribution is 2.18. The van der Waals surface area contributed by atoms with Crippen LogP contribution in [0, 0.1) is 11.8 Å². The van der Waals surface area contributed by atoms with E-state index in [4.69, 9.17) is 5.11 Å². The number of rotatable bonds is 4. The molecule has 0 aliphatic rings. The van der Waals surface area contributed by atoms with Crippen LogP contribution in [-0.4, -0.2) is 21.7 Å². The molecule has 0 saturated carbocycles. The molecule has 0 bridgehead atoms. The molecule has 0 saturated heterocycles. The average molecular weight is 258 g/mol. The van der Waals surface area contributed by atoms with Crippen LogP contribution in [-0.2, 0) is 5.75 Å². The van der Waals surface area contributed by atoms with Gasteiger partial charge in [-0.05, 0) is 17.7 Å². The molecule has 1 aromatic heterocycles. The second kappa shape index (κ2) is 6.90. The van der Waals surface area contributed by atoms with Crippen molar-refractivity contribution in [2.45, 2.75) is 17.3 Å². The van der Waals surface area contributed by atoms with Gasteiger partial charge in [0, 0.05) is 30.1 Å². The van der Waals surface area contributed by atoms with Crippen molar-refractivity contribution in [3.63, 3.8) is 0 Å². The lowest BCUT2D eigenvalue weighted by Crippen LogP contribution is -1.83. The molecule has 2 aromatic rings. The number of aromatic nitrogens is 2. The zero-order valence-electron chi connectivity index (χ0n) is 9.89. The van der Waals surface area contributed by atoms with Gasteiger partial charge in [-0.1, -0.05) is 35.7 Å². The van der Waals surface area contributed by atoms with E-state index >= 15 is 0 Å². The van der Waals surface area contributed by atoms with E-state index in [1.54, 1.807) is 18.0 Å². The first-order valence-electron chi connectivity index (χ1n) is 5.69. The Labute approximate surface area is 111 Å². The van der Waals surface area contributed by atoms with E-state index in [0.717, 1.165) is 16.5 Å². The van der Waals surface area contributed by atoms with Gasteiger partial charge in [0.1, 0.15) is 0 Å². The van der Waals surface area contributed by atoms with Crippen molar-refractivity contribution < 1.29 is 5.11 Å². The summed E-state index contributed by atoms with van der Waals surface area (Å²) in [6, 6.07) is 8.14. The number of imidazole rings is 1. The molecule has 1 aromatic carbocycles. The molecule has 2 N–H and O–H groups in total. The van der Waals surface area contributed by atoms with Gasteiger partial charge < -0.3 is 10.1 Å². The van der Waals surface area contributed by atoms with E-state index in [9.17, 15) is 0 Å². The van der Waals surface area contributed by atoms with E-state index in [1.165, 1.54) is 5.56 Å². The fourth-order valence-electron chi connectivity index (χ4n) is 1.39. The Morgan fingerprint density at radius 3 is 2.78 bits per heavy atom. The Morgan fingerprint density at radius 2 is 2.11 bits per heavy atom. The molecule has 3 nitrogen and oxygen atoms in total. The van der Waals surface area contributed by atoms with Crippen LogP contribution in [0.4, 0.5) is 0 Å². The van der Waals surface area contributed by atoms with E-state index in [1.807, 2.05) is 18.3 Å². The van der Waals surface area contributed by atoms with Gasteiger partial charge in [-0.25, -0.2) is 4.98 Å². The fraction of sp³-hybridized carbons (Fsp3) is 0.214. The molecule has 0 aliphatic heterocycles. The molecule has 2 rings (SSSR count). The summed E-state index contributed by atoms with van der Waals surface area (Å²) in [5.41, 5.74) is 2.22. The molecule has 0 amide bonds. The summed E-state index contributed by atoms with van der Waals surface area (Å²) in [4.78, 5) is 7.22. The molecular weight excluding hydrogens is 244 g/mol. The molecule has 0 atom stereocenters. The number of aromatic amines is 1. The van der Waals surface area contributed by atoms with E-state index in [2.05, 4.69) is 33.9 Å². The third-order valence-electron chi connectivity index (χ3n) is 2.27. The zero-order chi connectivity index (χ0) is 12.6. The summed E-state index contributed by atoms with van der Waals surface area (Å²) in [5.74, 6) is 6.80. The Balaban J connectivity index is 1.90. The van der Waals surface area contributed by atoms with Gasteiger partial charge in [0.25, 0.3) is 0 Å². The second-order valence-electron chi connectivity index (χ2n) is 3.66. The summed E-state index contributed by atoms with van der Waals surface area (Å²) >= 11 is 1.67. The van der Waals surface area contributed by atoms with Crippen LogP contribution in [0.1, 0.15) is 17.5 Å². The maximum absolute atomic E-state index is 8.63. The number of nitrogens with one attached hydrogen (secondary N) is 1. The topological polar surface area (TPSA) is 48.9 Å². The van der Waals surface area contributed by atoms with Crippen molar-refractivity contribution in [1.29, 1.82) is 0 Å². The minimum Gasteiger partial charge on any atom is -0.395 e. The average Bonchev–Trinajstić information content (AvgIpc) is 2.91. The third-order valence-corrected chi connectivity index (χ3v) is 3.25. The first-order chi connectivity index (χ1) is 8.88. The SMILES string of the molecule is OCCC#Cc1ccc(CSc2ncc[nH]2)cc1. The van der Waals surface area contributed by atoms with Crippen LogP contribution in [0.2, 0.25) is 0 Å². The lowest BCUT2D eigenvalue weighted by Gasteiger charge is -1.99. The molecule has 0 aliphatic carbocycles. The van der Waals surface area contributed by atoms with Gasteiger partial charge in [-0.3, -0.25) is 0 Å². The van der Waals surface area contributed by atoms with Crippen molar-refractivity contribution in [2.75, 3.05) is 6.61 Å². The van der Waals surface area contributed by atoms with Crippen LogP contribution < -0.4 is 0 Å². The molecule has 0 unspecified atom stereocenters. The van der Waals surface area contributed by atoms with Crippen LogP contribution in [0.5, 0.6) is 0 Å². The van der Waals surface area contributed by atoms with Crippen molar-refractivity contribution in [3.8, 4) is 11.8 Å².